The molecule has 0 radical (unpaired) electrons. The van der Waals surface area contributed by atoms with Gasteiger partial charge in [0.15, 0.2) is 12.4 Å². The monoisotopic (exact) mass is 291 g/mol. The zero-order valence-corrected chi connectivity index (χ0v) is 12.3. The lowest BCUT2D eigenvalue weighted by Crippen LogP contribution is -2.33. The zero-order chi connectivity index (χ0) is 15.4. The largest absolute Gasteiger partial charge is 0.484 e. The second kappa shape index (κ2) is 6.47. The van der Waals surface area contributed by atoms with E-state index in [-0.39, 0.29) is 18.3 Å². The number of carbonyl (C=O) groups excluding carboxylic acids is 1. The Hall–Kier alpha value is -2.24. The van der Waals surface area contributed by atoms with Gasteiger partial charge in [-0.1, -0.05) is 19.0 Å². The van der Waals surface area contributed by atoms with Gasteiger partial charge < -0.3 is 20.6 Å². The van der Waals surface area contributed by atoms with E-state index in [0.717, 1.165) is 13.1 Å². The zero-order valence-electron chi connectivity index (χ0n) is 12.3. The molecule has 0 aliphatic carbocycles. The summed E-state index contributed by atoms with van der Waals surface area (Å²) in [5.74, 6) is 1.70. The molecule has 1 aliphatic rings. The molecular formula is C15H21N3O3. The van der Waals surface area contributed by atoms with Crippen LogP contribution in [0.5, 0.6) is 5.75 Å². The third-order valence-corrected chi connectivity index (χ3v) is 3.96. The molecule has 1 heterocycles. The second-order valence-corrected chi connectivity index (χ2v) is 5.55. The fourth-order valence-electron chi connectivity index (χ4n) is 2.35. The minimum atomic E-state index is 0.00621. The molecule has 1 aliphatic heterocycles. The molecule has 0 saturated carbocycles. The summed E-state index contributed by atoms with van der Waals surface area (Å²) in [6.45, 7) is 5.94. The fourth-order valence-corrected chi connectivity index (χ4v) is 2.35. The van der Waals surface area contributed by atoms with Gasteiger partial charge in [-0.25, -0.2) is 0 Å². The standard InChI is InChI=1S/C15H21N3O3/c1-10-7-18(8-11(10)2)14(19)9-21-13-5-3-12(4-6-13)15(16)17-20/h3-6,10-11,20H,7-9H2,1-2H3,(H2,16,17). The van der Waals surface area contributed by atoms with Crippen LogP contribution in [0.2, 0.25) is 0 Å². The first kappa shape index (κ1) is 15.2. The Morgan fingerprint density at radius 2 is 1.90 bits per heavy atom. The lowest BCUT2D eigenvalue weighted by Gasteiger charge is -2.16. The topological polar surface area (TPSA) is 88.2 Å². The highest BCUT2D eigenvalue weighted by Gasteiger charge is 2.29. The van der Waals surface area contributed by atoms with Crippen LogP contribution in [0.25, 0.3) is 0 Å². The molecule has 1 aromatic rings. The van der Waals surface area contributed by atoms with E-state index >= 15 is 0 Å². The number of hydrogen-bond acceptors (Lipinski definition) is 4. The number of ether oxygens (including phenoxy) is 1. The molecule has 1 fully saturated rings. The number of rotatable bonds is 4. The summed E-state index contributed by atoms with van der Waals surface area (Å²) >= 11 is 0. The first-order valence-corrected chi connectivity index (χ1v) is 6.99. The molecule has 21 heavy (non-hydrogen) atoms. The number of hydrogen-bond donors (Lipinski definition) is 2. The van der Waals surface area contributed by atoms with E-state index in [2.05, 4.69) is 19.0 Å². The summed E-state index contributed by atoms with van der Waals surface area (Å²) in [5.41, 5.74) is 6.07. The minimum absolute atomic E-state index is 0.00621. The van der Waals surface area contributed by atoms with Crippen molar-refractivity contribution in [1.29, 1.82) is 0 Å². The molecule has 1 amide bonds. The van der Waals surface area contributed by atoms with E-state index in [0.29, 0.717) is 23.1 Å². The van der Waals surface area contributed by atoms with E-state index in [4.69, 9.17) is 15.7 Å². The third-order valence-electron chi connectivity index (χ3n) is 3.96. The maximum Gasteiger partial charge on any atom is 0.260 e. The maximum absolute atomic E-state index is 12.1. The smallest absolute Gasteiger partial charge is 0.260 e. The summed E-state index contributed by atoms with van der Waals surface area (Å²) in [7, 11) is 0. The Kier molecular flexibility index (Phi) is 4.67. The van der Waals surface area contributed by atoms with Crippen molar-refractivity contribution < 1.29 is 14.7 Å². The number of carbonyl (C=O) groups is 1. The van der Waals surface area contributed by atoms with Crippen molar-refractivity contribution in [2.75, 3.05) is 19.7 Å². The molecule has 3 N–H and O–H groups in total. The molecule has 0 spiro atoms. The van der Waals surface area contributed by atoms with Gasteiger partial charge >= 0.3 is 0 Å². The predicted molar refractivity (Wildman–Crippen MR) is 79.4 cm³/mol. The number of amides is 1. The lowest BCUT2D eigenvalue weighted by molar-refractivity contribution is -0.132. The maximum atomic E-state index is 12.1. The van der Waals surface area contributed by atoms with Crippen molar-refractivity contribution >= 4 is 11.7 Å². The molecule has 2 atom stereocenters. The molecule has 0 aromatic heterocycles. The van der Waals surface area contributed by atoms with Gasteiger partial charge in [0, 0.05) is 18.7 Å². The molecule has 114 valence electrons. The normalized spacial score (nSPS) is 22.4. The number of likely N-dealkylation sites (tertiary alicyclic amines) is 1. The van der Waals surface area contributed by atoms with E-state index in [1.165, 1.54) is 0 Å². The van der Waals surface area contributed by atoms with Crippen molar-refractivity contribution in [3.05, 3.63) is 29.8 Å². The number of benzene rings is 1. The van der Waals surface area contributed by atoms with Crippen molar-refractivity contribution in [1.82, 2.24) is 4.90 Å². The highest BCUT2D eigenvalue weighted by Crippen LogP contribution is 2.22. The first-order valence-electron chi connectivity index (χ1n) is 6.99. The van der Waals surface area contributed by atoms with E-state index in [1.54, 1.807) is 24.3 Å². The van der Waals surface area contributed by atoms with E-state index < -0.39 is 0 Å². The van der Waals surface area contributed by atoms with Gasteiger partial charge in [0.2, 0.25) is 0 Å². The number of oxime groups is 1. The minimum Gasteiger partial charge on any atom is -0.484 e. The average molecular weight is 291 g/mol. The van der Waals surface area contributed by atoms with Crippen LogP contribution < -0.4 is 10.5 Å². The second-order valence-electron chi connectivity index (χ2n) is 5.55. The quantitative estimate of drug-likeness (QED) is 0.378. The summed E-state index contributed by atoms with van der Waals surface area (Å²) in [5, 5.41) is 11.5. The van der Waals surface area contributed by atoms with Crippen molar-refractivity contribution in [2.45, 2.75) is 13.8 Å². The lowest BCUT2D eigenvalue weighted by atomic mass is 10.0. The first-order chi connectivity index (χ1) is 10.0. The summed E-state index contributed by atoms with van der Waals surface area (Å²) < 4.78 is 5.48. The third kappa shape index (κ3) is 3.65. The molecule has 2 unspecified atom stereocenters. The molecule has 2 rings (SSSR count). The Balaban J connectivity index is 1.87. The molecule has 6 heteroatoms. The molecule has 0 bridgehead atoms. The predicted octanol–water partition coefficient (Wildman–Crippen LogP) is 1.27. The van der Waals surface area contributed by atoms with Crippen LogP contribution in [-0.2, 0) is 4.79 Å². The number of nitrogens with zero attached hydrogens (tertiary/aromatic N) is 2. The highest BCUT2D eigenvalue weighted by atomic mass is 16.5. The molecule has 6 nitrogen and oxygen atoms in total. The summed E-state index contributed by atoms with van der Waals surface area (Å²) in [6.07, 6.45) is 0. The van der Waals surface area contributed by atoms with Crippen molar-refractivity contribution in [3.8, 4) is 5.75 Å². The van der Waals surface area contributed by atoms with Crippen LogP contribution in [0.1, 0.15) is 19.4 Å². The average Bonchev–Trinajstić information content (AvgIpc) is 2.84. The van der Waals surface area contributed by atoms with Gasteiger partial charge in [0.1, 0.15) is 5.75 Å². The number of nitrogens with two attached hydrogens (primary N) is 1. The van der Waals surface area contributed by atoms with Gasteiger partial charge in [0.05, 0.1) is 0 Å². The van der Waals surface area contributed by atoms with E-state index in [9.17, 15) is 4.79 Å². The van der Waals surface area contributed by atoms with Crippen LogP contribution >= 0.6 is 0 Å². The van der Waals surface area contributed by atoms with Gasteiger partial charge in [-0.3, -0.25) is 4.79 Å². The van der Waals surface area contributed by atoms with Crippen LogP contribution in [0.4, 0.5) is 0 Å². The van der Waals surface area contributed by atoms with Gasteiger partial charge in [0.25, 0.3) is 5.91 Å². The van der Waals surface area contributed by atoms with Gasteiger partial charge in [-0.15, -0.1) is 0 Å². The van der Waals surface area contributed by atoms with Crippen molar-refractivity contribution in [3.63, 3.8) is 0 Å². The van der Waals surface area contributed by atoms with Crippen LogP contribution in [0.15, 0.2) is 29.4 Å². The Labute approximate surface area is 124 Å². The van der Waals surface area contributed by atoms with Crippen molar-refractivity contribution in [2.24, 2.45) is 22.7 Å². The van der Waals surface area contributed by atoms with Gasteiger partial charge in [-0.05, 0) is 36.1 Å². The SMILES string of the molecule is CC1CN(C(=O)COc2ccc(C(N)=NO)cc2)CC1C. The summed E-state index contributed by atoms with van der Waals surface area (Å²) in [4.78, 5) is 13.9. The molecule has 1 aromatic carbocycles. The molecular weight excluding hydrogens is 270 g/mol. The fraction of sp³-hybridized carbons (Fsp3) is 0.467. The Bertz CT molecular complexity index is 517. The number of amidine groups is 1. The van der Waals surface area contributed by atoms with Gasteiger partial charge in [-0.2, -0.15) is 0 Å². The Morgan fingerprint density at radius 1 is 1.33 bits per heavy atom. The van der Waals surface area contributed by atoms with Crippen LogP contribution in [0.3, 0.4) is 0 Å². The molecule has 1 saturated heterocycles. The summed E-state index contributed by atoms with van der Waals surface area (Å²) in [6, 6.07) is 6.73. The van der Waals surface area contributed by atoms with E-state index in [1.807, 2.05) is 4.90 Å². The Morgan fingerprint density at radius 3 is 2.43 bits per heavy atom. The highest BCUT2D eigenvalue weighted by molar-refractivity contribution is 5.97. The van der Waals surface area contributed by atoms with Crippen LogP contribution in [-0.4, -0.2) is 41.5 Å². The van der Waals surface area contributed by atoms with Crippen LogP contribution in [0, 0.1) is 11.8 Å².